The maximum Gasteiger partial charge on any atom is 0.416 e. The smallest absolute Gasteiger partial charge is 0.416 e. The number of anilines is 1. The normalized spacial score (nSPS) is 12.5. The topological polar surface area (TPSA) is 81.9 Å². The van der Waals surface area contributed by atoms with E-state index >= 15 is 0 Å². The number of carbonyl (C=O) groups excluding carboxylic acids is 1. The van der Waals surface area contributed by atoms with E-state index in [0.29, 0.717) is 11.4 Å². The van der Waals surface area contributed by atoms with E-state index < -0.39 is 23.8 Å². The number of alkyl halides is 3. The Morgan fingerprint density at radius 1 is 1.18 bits per heavy atom. The number of nitrogens with zero attached hydrogens (tertiary/aromatic N) is 4. The van der Waals surface area contributed by atoms with Crippen LogP contribution < -0.4 is 10.1 Å². The number of rotatable bonds is 5. The molecular weight excluding hydrogens is 375 g/mol. The largest absolute Gasteiger partial charge is 0.481 e. The lowest BCUT2D eigenvalue weighted by atomic mass is 10.1. The maximum absolute atomic E-state index is 13.0. The van der Waals surface area contributed by atoms with Gasteiger partial charge in [0, 0.05) is 5.69 Å². The Bertz CT molecular complexity index is 956. The predicted octanol–water partition coefficient (Wildman–Crippen LogP) is 3.40. The van der Waals surface area contributed by atoms with Crippen LogP contribution in [0.2, 0.25) is 0 Å². The second kappa shape index (κ2) is 7.67. The van der Waals surface area contributed by atoms with Crippen LogP contribution in [0, 0.1) is 6.92 Å². The number of carbonyl (C=O) groups is 1. The molecule has 1 unspecified atom stereocenters. The van der Waals surface area contributed by atoms with Crippen molar-refractivity contribution in [2.45, 2.75) is 26.1 Å². The van der Waals surface area contributed by atoms with Crippen molar-refractivity contribution in [3.05, 3.63) is 59.9 Å². The summed E-state index contributed by atoms with van der Waals surface area (Å²) in [6.07, 6.45) is -3.98. The standard InChI is InChI=1S/C18H16F3N5O2/c1-11-3-4-13(9-16(11)18(19,20)21)23-17(27)12(2)28-15-7-5-14(6-8-15)26-10-22-24-25-26/h3-10,12H,1-2H3,(H,23,27). The Morgan fingerprint density at radius 3 is 2.50 bits per heavy atom. The first-order chi connectivity index (χ1) is 13.2. The minimum atomic E-state index is -4.49. The van der Waals surface area contributed by atoms with E-state index in [2.05, 4.69) is 20.8 Å². The van der Waals surface area contributed by atoms with Crippen molar-refractivity contribution >= 4 is 11.6 Å². The highest BCUT2D eigenvalue weighted by atomic mass is 19.4. The van der Waals surface area contributed by atoms with Crippen LogP contribution in [0.4, 0.5) is 18.9 Å². The highest BCUT2D eigenvalue weighted by Crippen LogP contribution is 2.33. The molecule has 10 heteroatoms. The number of hydrogen-bond donors (Lipinski definition) is 1. The fraction of sp³-hybridized carbons (Fsp3) is 0.222. The van der Waals surface area contributed by atoms with Crippen LogP contribution in [-0.2, 0) is 11.0 Å². The Balaban J connectivity index is 1.65. The zero-order valence-corrected chi connectivity index (χ0v) is 14.9. The van der Waals surface area contributed by atoms with E-state index in [9.17, 15) is 18.0 Å². The molecule has 0 radical (unpaired) electrons. The van der Waals surface area contributed by atoms with Crippen molar-refractivity contribution < 1.29 is 22.7 Å². The lowest BCUT2D eigenvalue weighted by Gasteiger charge is -2.16. The number of halogens is 3. The van der Waals surface area contributed by atoms with Gasteiger partial charge in [-0.05, 0) is 66.2 Å². The minimum absolute atomic E-state index is 0.0485. The van der Waals surface area contributed by atoms with E-state index in [0.717, 1.165) is 6.07 Å². The molecule has 146 valence electrons. The molecule has 0 saturated heterocycles. The number of amides is 1. The van der Waals surface area contributed by atoms with Crippen molar-refractivity contribution in [2.75, 3.05) is 5.32 Å². The summed E-state index contributed by atoms with van der Waals surface area (Å²) in [5.74, 6) is -0.152. The molecule has 3 aromatic rings. The van der Waals surface area contributed by atoms with E-state index in [1.54, 1.807) is 24.3 Å². The van der Waals surface area contributed by atoms with Crippen LogP contribution in [0.25, 0.3) is 5.69 Å². The first kappa shape index (κ1) is 19.3. The van der Waals surface area contributed by atoms with Crippen molar-refractivity contribution in [1.29, 1.82) is 0 Å². The summed E-state index contributed by atoms with van der Waals surface area (Å²) >= 11 is 0. The molecule has 28 heavy (non-hydrogen) atoms. The van der Waals surface area contributed by atoms with Crippen molar-refractivity contribution in [2.24, 2.45) is 0 Å². The van der Waals surface area contributed by atoms with Gasteiger partial charge < -0.3 is 10.1 Å². The number of aryl methyl sites for hydroxylation is 1. The molecule has 0 spiro atoms. The van der Waals surface area contributed by atoms with Gasteiger partial charge in [0.05, 0.1) is 11.3 Å². The molecule has 1 atom stereocenters. The van der Waals surface area contributed by atoms with Gasteiger partial charge in [-0.15, -0.1) is 5.10 Å². The molecule has 3 rings (SSSR count). The summed E-state index contributed by atoms with van der Waals surface area (Å²) in [4.78, 5) is 12.3. The van der Waals surface area contributed by atoms with E-state index in [-0.39, 0.29) is 11.3 Å². The summed E-state index contributed by atoms with van der Waals surface area (Å²) in [6.45, 7) is 2.86. The van der Waals surface area contributed by atoms with Crippen LogP contribution in [0.5, 0.6) is 5.75 Å². The van der Waals surface area contributed by atoms with Gasteiger partial charge in [-0.1, -0.05) is 6.07 Å². The van der Waals surface area contributed by atoms with Crippen LogP contribution in [-0.4, -0.2) is 32.2 Å². The number of nitrogens with one attached hydrogen (secondary N) is 1. The first-order valence-electron chi connectivity index (χ1n) is 8.23. The van der Waals surface area contributed by atoms with E-state index in [1.165, 1.54) is 37.0 Å². The molecule has 1 aromatic heterocycles. The summed E-state index contributed by atoms with van der Waals surface area (Å²) in [5.41, 5.74) is 0.0377. The fourth-order valence-electron chi connectivity index (χ4n) is 2.46. The molecule has 0 aliphatic heterocycles. The first-order valence-corrected chi connectivity index (χ1v) is 8.23. The van der Waals surface area contributed by atoms with Gasteiger partial charge in [-0.25, -0.2) is 4.68 Å². The quantitative estimate of drug-likeness (QED) is 0.721. The fourth-order valence-corrected chi connectivity index (χ4v) is 2.46. The van der Waals surface area contributed by atoms with Gasteiger partial charge in [0.15, 0.2) is 6.10 Å². The zero-order valence-electron chi connectivity index (χ0n) is 14.9. The van der Waals surface area contributed by atoms with Gasteiger partial charge in [0.25, 0.3) is 5.91 Å². The summed E-state index contributed by atoms with van der Waals surface area (Å²) in [7, 11) is 0. The molecule has 7 nitrogen and oxygen atoms in total. The molecule has 1 N–H and O–H groups in total. The third-order valence-electron chi connectivity index (χ3n) is 3.94. The van der Waals surface area contributed by atoms with Gasteiger partial charge in [-0.2, -0.15) is 13.2 Å². The van der Waals surface area contributed by atoms with Crippen LogP contribution in [0.3, 0.4) is 0 Å². The average Bonchev–Trinajstić information content (AvgIpc) is 3.17. The van der Waals surface area contributed by atoms with Gasteiger partial charge >= 0.3 is 6.18 Å². The Hall–Kier alpha value is -3.43. The number of aromatic nitrogens is 4. The molecule has 0 saturated carbocycles. The predicted molar refractivity (Wildman–Crippen MR) is 94.1 cm³/mol. The van der Waals surface area contributed by atoms with Crippen molar-refractivity contribution in [3.8, 4) is 11.4 Å². The van der Waals surface area contributed by atoms with Gasteiger partial charge in [0.2, 0.25) is 0 Å². The highest BCUT2D eigenvalue weighted by molar-refractivity contribution is 5.94. The lowest BCUT2D eigenvalue weighted by Crippen LogP contribution is -2.30. The summed E-state index contributed by atoms with van der Waals surface area (Å²) in [6, 6.07) is 10.3. The molecule has 0 fully saturated rings. The van der Waals surface area contributed by atoms with Crippen molar-refractivity contribution in [1.82, 2.24) is 20.2 Å². The maximum atomic E-state index is 13.0. The van der Waals surface area contributed by atoms with Gasteiger partial charge in [0.1, 0.15) is 12.1 Å². The third kappa shape index (κ3) is 4.45. The third-order valence-corrected chi connectivity index (χ3v) is 3.94. The second-order valence-corrected chi connectivity index (χ2v) is 6.03. The average molecular weight is 391 g/mol. The van der Waals surface area contributed by atoms with E-state index in [4.69, 9.17) is 4.74 Å². The molecular formula is C18H16F3N5O2. The van der Waals surface area contributed by atoms with Crippen LogP contribution in [0.1, 0.15) is 18.1 Å². The molecule has 0 aliphatic carbocycles. The van der Waals surface area contributed by atoms with Gasteiger partial charge in [-0.3, -0.25) is 4.79 Å². The molecule has 1 heterocycles. The zero-order chi connectivity index (χ0) is 20.3. The monoisotopic (exact) mass is 391 g/mol. The van der Waals surface area contributed by atoms with E-state index in [1.807, 2.05) is 0 Å². The molecule has 2 aromatic carbocycles. The molecule has 0 bridgehead atoms. The Morgan fingerprint density at radius 2 is 1.89 bits per heavy atom. The van der Waals surface area contributed by atoms with Crippen LogP contribution >= 0.6 is 0 Å². The summed E-state index contributed by atoms with van der Waals surface area (Å²) in [5, 5.41) is 13.3. The lowest BCUT2D eigenvalue weighted by molar-refractivity contribution is -0.138. The molecule has 0 aliphatic rings. The highest BCUT2D eigenvalue weighted by Gasteiger charge is 2.32. The number of benzene rings is 2. The Labute approximate surface area is 158 Å². The number of hydrogen-bond acceptors (Lipinski definition) is 5. The number of ether oxygens (including phenoxy) is 1. The second-order valence-electron chi connectivity index (χ2n) is 6.03. The van der Waals surface area contributed by atoms with Crippen LogP contribution in [0.15, 0.2) is 48.8 Å². The Kier molecular flexibility index (Phi) is 5.30. The summed E-state index contributed by atoms with van der Waals surface area (Å²) < 4.78 is 46.0. The molecule has 1 amide bonds. The van der Waals surface area contributed by atoms with Crippen molar-refractivity contribution in [3.63, 3.8) is 0 Å². The minimum Gasteiger partial charge on any atom is -0.481 e. The SMILES string of the molecule is Cc1ccc(NC(=O)C(C)Oc2ccc(-n3cnnn3)cc2)cc1C(F)(F)F. The number of tetrazole rings is 1.